The van der Waals surface area contributed by atoms with E-state index in [0.29, 0.717) is 12.1 Å². The Bertz CT molecular complexity index is 414. The highest BCUT2D eigenvalue weighted by Crippen LogP contribution is 2.37. The summed E-state index contributed by atoms with van der Waals surface area (Å²) in [5.41, 5.74) is 1.39. The van der Waals surface area contributed by atoms with Gasteiger partial charge in [-0.25, -0.2) is 0 Å². The Morgan fingerprint density at radius 3 is 2.53 bits per heavy atom. The monoisotopic (exact) mass is 261 g/mol. The average Bonchev–Trinajstić information content (AvgIpc) is 2.87. The topological polar surface area (TPSA) is 21.7 Å². The number of benzene rings is 1. The van der Waals surface area contributed by atoms with E-state index in [1.165, 1.54) is 5.56 Å². The van der Waals surface area contributed by atoms with Gasteiger partial charge in [-0.2, -0.15) is 0 Å². The van der Waals surface area contributed by atoms with Crippen LogP contribution in [0.25, 0.3) is 0 Å². The molecule has 1 aromatic carbocycles. The number of piperidine rings is 1. The molecule has 2 aliphatic heterocycles. The molecule has 3 rings (SSSR count). The second kappa shape index (κ2) is 5.23. The first kappa shape index (κ1) is 13.1. The van der Waals surface area contributed by atoms with Gasteiger partial charge in [0.15, 0.2) is 5.79 Å². The highest BCUT2D eigenvalue weighted by Gasteiger charge is 2.43. The normalized spacial score (nSPS) is 28.6. The first-order valence-corrected chi connectivity index (χ1v) is 7.29. The predicted molar refractivity (Wildman–Crippen MR) is 74.9 cm³/mol. The summed E-state index contributed by atoms with van der Waals surface area (Å²) in [7, 11) is 0. The van der Waals surface area contributed by atoms with Crippen LogP contribution in [0.1, 0.15) is 38.3 Å². The molecule has 1 spiro atoms. The van der Waals surface area contributed by atoms with Crippen LogP contribution in [0.3, 0.4) is 0 Å². The van der Waals surface area contributed by atoms with Crippen molar-refractivity contribution < 1.29 is 9.47 Å². The average molecular weight is 261 g/mol. The van der Waals surface area contributed by atoms with Crippen molar-refractivity contribution in [3.63, 3.8) is 0 Å². The molecule has 0 aliphatic carbocycles. The third-order valence-electron chi connectivity index (χ3n) is 4.52. The summed E-state index contributed by atoms with van der Waals surface area (Å²) < 4.78 is 11.7. The molecule has 0 N–H and O–H groups in total. The molecule has 0 radical (unpaired) electrons. The summed E-state index contributed by atoms with van der Waals surface area (Å²) in [5, 5.41) is 0. The van der Waals surface area contributed by atoms with Gasteiger partial charge in [0.25, 0.3) is 0 Å². The third kappa shape index (κ3) is 2.55. The number of hydrogen-bond donors (Lipinski definition) is 0. The van der Waals surface area contributed by atoms with E-state index in [1.54, 1.807) is 0 Å². The largest absolute Gasteiger partial charge is 0.347 e. The van der Waals surface area contributed by atoms with Crippen molar-refractivity contribution in [1.82, 2.24) is 4.90 Å². The van der Waals surface area contributed by atoms with Gasteiger partial charge in [0.05, 0.1) is 13.2 Å². The minimum absolute atomic E-state index is 0.285. The van der Waals surface area contributed by atoms with E-state index in [2.05, 4.69) is 49.1 Å². The zero-order valence-corrected chi connectivity index (χ0v) is 11.8. The lowest BCUT2D eigenvalue weighted by atomic mass is 9.93. The molecule has 0 aromatic heterocycles. The summed E-state index contributed by atoms with van der Waals surface area (Å²) in [6, 6.07) is 11.7. The SMILES string of the molecule is C[C@@H]1CC2(CCN1[C@H](C)c1ccccc1)OCCO2. The Labute approximate surface area is 115 Å². The van der Waals surface area contributed by atoms with E-state index < -0.39 is 0 Å². The smallest absolute Gasteiger partial charge is 0.171 e. The van der Waals surface area contributed by atoms with E-state index in [9.17, 15) is 0 Å². The van der Waals surface area contributed by atoms with Gasteiger partial charge in [-0.05, 0) is 19.4 Å². The van der Waals surface area contributed by atoms with E-state index in [-0.39, 0.29) is 5.79 Å². The van der Waals surface area contributed by atoms with E-state index in [1.807, 2.05) is 0 Å². The number of hydrogen-bond acceptors (Lipinski definition) is 3. The molecule has 104 valence electrons. The maximum absolute atomic E-state index is 5.84. The van der Waals surface area contributed by atoms with Gasteiger partial charge in [0.2, 0.25) is 0 Å². The van der Waals surface area contributed by atoms with Crippen molar-refractivity contribution in [2.75, 3.05) is 19.8 Å². The summed E-state index contributed by atoms with van der Waals surface area (Å²) >= 11 is 0. The standard InChI is InChI=1S/C16H23NO2/c1-13-12-16(18-10-11-19-16)8-9-17(13)14(2)15-6-4-3-5-7-15/h3-7,13-14H,8-12H2,1-2H3/t13-,14-/m1/s1. The summed E-state index contributed by atoms with van der Waals surface area (Å²) in [6.07, 6.45) is 1.96. The molecule has 2 atom stereocenters. The molecule has 19 heavy (non-hydrogen) atoms. The molecule has 0 unspecified atom stereocenters. The van der Waals surface area contributed by atoms with Crippen LogP contribution in [-0.4, -0.2) is 36.5 Å². The van der Waals surface area contributed by atoms with Crippen molar-refractivity contribution in [1.29, 1.82) is 0 Å². The van der Waals surface area contributed by atoms with Crippen LogP contribution in [0.4, 0.5) is 0 Å². The highest BCUT2D eigenvalue weighted by atomic mass is 16.7. The van der Waals surface area contributed by atoms with Gasteiger partial charge in [-0.3, -0.25) is 4.90 Å². The van der Waals surface area contributed by atoms with Crippen LogP contribution >= 0.6 is 0 Å². The number of rotatable bonds is 2. The Balaban J connectivity index is 1.70. The number of likely N-dealkylation sites (tertiary alicyclic amines) is 1. The van der Waals surface area contributed by atoms with E-state index in [4.69, 9.17) is 9.47 Å². The first-order valence-electron chi connectivity index (χ1n) is 7.29. The van der Waals surface area contributed by atoms with Crippen LogP contribution in [0.2, 0.25) is 0 Å². The second-order valence-electron chi connectivity index (χ2n) is 5.74. The fourth-order valence-electron chi connectivity index (χ4n) is 3.45. The fraction of sp³-hybridized carbons (Fsp3) is 0.625. The molecule has 0 bridgehead atoms. The minimum Gasteiger partial charge on any atom is -0.347 e. The molecule has 1 aromatic rings. The molecule has 3 nitrogen and oxygen atoms in total. The predicted octanol–water partition coefficient (Wildman–Crippen LogP) is 2.98. The molecule has 2 aliphatic rings. The molecular formula is C16H23NO2. The molecular weight excluding hydrogens is 238 g/mol. The number of nitrogens with zero attached hydrogens (tertiary/aromatic N) is 1. The van der Waals surface area contributed by atoms with Gasteiger partial charge < -0.3 is 9.47 Å². The summed E-state index contributed by atoms with van der Waals surface area (Å²) in [5.74, 6) is -0.285. The van der Waals surface area contributed by atoms with Crippen molar-refractivity contribution in [3.8, 4) is 0 Å². The maximum atomic E-state index is 5.84. The van der Waals surface area contributed by atoms with Crippen molar-refractivity contribution in [2.45, 2.75) is 44.6 Å². The Hall–Kier alpha value is -0.900. The van der Waals surface area contributed by atoms with Crippen LogP contribution in [0, 0.1) is 0 Å². The lowest BCUT2D eigenvalue weighted by Gasteiger charge is -2.45. The molecule has 2 heterocycles. The zero-order valence-electron chi connectivity index (χ0n) is 11.8. The highest BCUT2D eigenvalue weighted by molar-refractivity contribution is 5.18. The van der Waals surface area contributed by atoms with E-state index >= 15 is 0 Å². The Morgan fingerprint density at radius 1 is 1.21 bits per heavy atom. The zero-order chi connectivity index (χ0) is 13.3. The summed E-state index contributed by atoms with van der Waals surface area (Å²) in [4.78, 5) is 2.56. The van der Waals surface area contributed by atoms with Crippen molar-refractivity contribution in [3.05, 3.63) is 35.9 Å². The van der Waals surface area contributed by atoms with Gasteiger partial charge >= 0.3 is 0 Å². The minimum atomic E-state index is -0.285. The van der Waals surface area contributed by atoms with E-state index in [0.717, 1.165) is 32.6 Å². The maximum Gasteiger partial charge on any atom is 0.171 e. The lowest BCUT2D eigenvalue weighted by Crippen LogP contribution is -2.50. The van der Waals surface area contributed by atoms with Crippen molar-refractivity contribution >= 4 is 0 Å². The summed E-state index contributed by atoms with van der Waals surface area (Å²) in [6.45, 7) is 7.12. The second-order valence-corrected chi connectivity index (χ2v) is 5.74. The fourth-order valence-corrected chi connectivity index (χ4v) is 3.45. The Morgan fingerprint density at radius 2 is 1.89 bits per heavy atom. The van der Waals surface area contributed by atoms with Crippen LogP contribution in [0.15, 0.2) is 30.3 Å². The van der Waals surface area contributed by atoms with Crippen LogP contribution in [0.5, 0.6) is 0 Å². The van der Waals surface area contributed by atoms with Gasteiger partial charge in [0.1, 0.15) is 0 Å². The van der Waals surface area contributed by atoms with Crippen LogP contribution < -0.4 is 0 Å². The molecule has 2 fully saturated rings. The van der Waals surface area contributed by atoms with Crippen LogP contribution in [-0.2, 0) is 9.47 Å². The van der Waals surface area contributed by atoms with Gasteiger partial charge in [0, 0.05) is 31.5 Å². The van der Waals surface area contributed by atoms with Gasteiger partial charge in [-0.1, -0.05) is 30.3 Å². The Kier molecular flexibility index (Phi) is 3.61. The quantitative estimate of drug-likeness (QED) is 0.817. The molecule has 0 amide bonds. The molecule has 2 saturated heterocycles. The van der Waals surface area contributed by atoms with Gasteiger partial charge in [-0.15, -0.1) is 0 Å². The van der Waals surface area contributed by atoms with Crippen molar-refractivity contribution in [2.24, 2.45) is 0 Å². The first-order chi connectivity index (χ1) is 9.20. The lowest BCUT2D eigenvalue weighted by molar-refractivity contribution is -0.198. The number of ether oxygens (including phenoxy) is 2. The molecule has 0 saturated carbocycles. The third-order valence-corrected chi connectivity index (χ3v) is 4.52. The molecule has 3 heteroatoms.